The quantitative estimate of drug-likeness (QED) is 0.838. The molecule has 0 saturated carbocycles. The van der Waals surface area contributed by atoms with E-state index in [0.29, 0.717) is 24.3 Å². The highest BCUT2D eigenvalue weighted by molar-refractivity contribution is 5.93. The Bertz CT molecular complexity index is 687. The minimum Gasteiger partial charge on any atom is -0.497 e. The van der Waals surface area contributed by atoms with Crippen LogP contribution in [0.1, 0.15) is 12.0 Å². The fourth-order valence-electron chi connectivity index (χ4n) is 2.15. The van der Waals surface area contributed by atoms with Crippen molar-refractivity contribution in [1.29, 1.82) is 0 Å². The van der Waals surface area contributed by atoms with Crippen LogP contribution in [0.15, 0.2) is 30.5 Å². The van der Waals surface area contributed by atoms with Gasteiger partial charge in [-0.1, -0.05) is 12.1 Å². The number of aromatic nitrogens is 2. The maximum Gasteiger partial charge on any atom is 0.318 e. The number of carbonyl (C=O) groups is 1. The fourth-order valence-corrected chi connectivity index (χ4v) is 2.15. The molecule has 2 aromatic rings. The third-order valence-electron chi connectivity index (χ3n) is 3.43. The Morgan fingerprint density at radius 3 is 2.46 bits per heavy atom. The summed E-state index contributed by atoms with van der Waals surface area (Å²) in [4.78, 5) is 22.3. The van der Waals surface area contributed by atoms with Crippen LogP contribution in [-0.2, 0) is 11.2 Å². The molecule has 0 bridgehead atoms. The molecule has 1 heterocycles. The largest absolute Gasteiger partial charge is 0.497 e. The normalized spacial score (nSPS) is 10.2. The van der Waals surface area contributed by atoms with Crippen LogP contribution in [0.4, 0.5) is 11.5 Å². The number of nitrogens with zero attached hydrogens (tertiary/aromatic N) is 3. The lowest BCUT2D eigenvalue weighted by Gasteiger charge is -2.16. The first-order valence-electron chi connectivity index (χ1n) is 7.54. The Balaban J connectivity index is 1.98. The SMILES string of the molecule is COc1ccc(CCC(=O)Nc2cnc(OC)nc2N(C)C)cc1. The molecule has 2 rings (SSSR count). The average molecular weight is 330 g/mol. The standard InChI is InChI=1S/C17H22N4O3/c1-21(2)16-14(11-18-17(20-16)24-4)19-15(22)10-7-12-5-8-13(23-3)9-6-12/h5-6,8-9,11H,7,10H2,1-4H3,(H,19,22). The van der Waals surface area contributed by atoms with Gasteiger partial charge in [0.1, 0.15) is 11.4 Å². The van der Waals surface area contributed by atoms with Crippen LogP contribution in [0, 0.1) is 0 Å². The van der Waals surface area contributed by atoms with Gasteiger partial charge in [0.15, 0.2) is 5.82 Å². The predicted molar refractivity (Wildman–Crippen MR) is 92.9 cm³/mol. The molecule has 1 aromatic heterocycles. The van der Waals surface area contributed by atoms with Crippen molar-refractivity contribution in [1.82, 2.24) is 9.97 Å². The second kappa shape index (κ2) is 8.14. The predicted octanol–water partition coefficient (Wildman–Crippen LogP) is 2.13. The van der Waals surface area contributed by atoms with Crippen molar-refractivity contribution in [2.45, 2.75) is 12.8 Å². The van der Waals surface area contributed by atoms with Gasteiger partial charge in [-0.2, -0.15) is 4.98 Å². The van der Waals surface area contributed by atoms with Crippen LogP contribution in [0.5, 0.6) is 11.8 Å². The lowest BCUT2D eigenvalue weighted by molar-refractivity contribution is -0.116. The molecular formula is C17H22N4O3. The maximum absolute atomic E-state index is 12.2. The summed E-state index contributed by atoms with van der Waals surface area (Å²) >= 11 is 0. The molecule has 1 aromatic carbocycles. The second-order valence-corrected chi connectivity index (χ2v) is 5.38. The van der Waals surface area contributed by atoms with Gasteiger partial charge in [-0.25, -0.2) is 4.98 Å². The van der Waals surface area contributed by atoms with E-state index in [9.17, 15) is 4.79 Å². The third kappa shape index (κ3) is 4.58. The minimum absolute atomic E-state index is 0.0947. The fraction of sp³-hybridized carbons (Fsp3) is 0.353. The molecule has 128 valence electrons. The van der Waals surface area contributed by atoms with Crippen molar-refractivity contribution >= 4 is 17.4 Å². The summed E-state index contributed by atoms with van der Waals surface area (Å²) in [6.45, 7) is 0. The lowest BCUT2D eigenvalue weighted by atomic mass is 10.1. The number of nitrogens with one attached hydrogen (secondary N) is 1. The van der Waals surface area contributed by atoms with E-state index >= 15 is 0 Å². The average Bonchev–Trinajstić information content (AvgIpc) is 2.60. The van der Waals surface area contributed by atoms with Crippen LogP contribution in [-0.4, -0.2) is 44.2 Å². The van der Waals surface area contributed by atoms with Crippen LogP contribution < -0.4 is 19.7 Å². The number of aryl methyl sites for hydroxylation is 1. The monoisotopic (exact) mass is 330 g/mol. The molecule has 0 radical (unpaired) electrons. The van der Waals surface area contributed by atoms with E-state index in [1.807, 2.05) is 38.4 Å². The Hall–Kier alpha value is -2.83. The third-order valence-corrected chi connectivity index (χ3v) is 3.43. The van der Waals surface area contributed by atoms with E-state index in [0.717, 1.165) is 11.3 Å². The van der Waals surface area contributed by atoms with Gasteiger partial charge in [0.05, 0.1) is 20.4 Å². The molecule has 7 nitrogen and oxygen atoms in total. The molecule has 0 aliphatic rings. The summed E-state index contributed by atoms with van der Waals surface area (Å²) in [6, 6.07) is 7.93. The zero-order chi connectivity index (χ0) is 17.5. The lowest BCUT2D eigenvalue weighted by Crippen LogP contribution is -2.18. The summed E-state index contributed by atoms with van der Waals surface area (Å²) < 4.78 is 10.1. The van der Waals surface area contributed by atoms with Gasteiger partial charge < -0.3 is 19.7 Å². The van der Waals surface area contributed by atoms with Gasteiger partial charge in [0.25, 0.3) is 0 Å². The number of rotatable bonds is 7. The maximum atomic E-state index is 12.2. The zero-order valence-corrected chi connectivity index (χ0v) is 14.4. The van der Waals surface area contributed by atoms with E-state index in [2.05, 4.69) is 15.3 Å². The van der Waals surface area contributed by atoms with Crippen molar-refractivity contribution in [2.24, 2.45) is 0 Å². The first-order valence-corrected chi connectivity index (χ1v) is 7.54. The molecule has 0 unspecified atom stereocenters. The Kier molecular flexibility index (Phi) is 5.95. The summed E-state index contributed by atoms with van der Waals surface area (Å²) in [5, 5.41) is 2.85. The van der Waals surface area contributed by atoms with Crippen molar-refractivity contribution in [2.75, 3.05) is 38.5 Å². The molecular weight excluding hydrogens is 308 g/mol. The van der Waals surface area contributed by atoms with Crippen LogP contribution in [0.3, 0.4) is 0 Å². The first-order chi connectivity index (χ1) is 11.5. The molecule has 0 spiro atoms. The smallest absolute Gasteiger partial charge is 0.318 e. The van der Waals surface area contributed by atoms with Crippen LogP contribution >= 0.6 is 0 Å². The highest BCUT2D eigenvalue weighted by Crippen LogP contribution is 2.23. The molecule has 7 heteroatoms. The molecule has 1 N–H and O–H groups in total. The molecule has 0 aliphatic heterocycles. The number of hydrogen-bond acceptors (Lipinski definition) is 6. The summed E-state index contributed by atoms with van der Waals surface area (Å²) in [7, 11) is 6.81. The number of ether oxygens (including phenoxy) is 2. The number of anilines is 2. The number of hydrogen-bond donors (Lipinski definition) is 1. The minimum atomic E-state index is -0.0947. The number of amides is 1. The van der Waals surface area contributed by atoms with E-state index in [1.165, 1.54) is 7.11 Å². The summed E-state index contributed by atoms with van der Waals surface area (Å²) in [6.07, 6.45) is 2.56. The van der Waals surface area contributed by atoms with Crippen molar-refractivity contribution in [3.8, 4) is 11.8 Å². The van der Waals surface area contributed by atoms with E-state index in [4.69, 9.17) is 9.47 Å². The van der Waals surface area contributed by atoms with Crippen molar-refractivity contribution < 1.29 is 14.3 Å². The van der Waals surface area contributed by atoms with E-state index in [1.54, 1.807) is 18.2 Å². The zero-order valence-electron chi connectivity index (χ0n) is 14.4. The van der Waals surface area contributed by atoms with Gasteiger partial charge >= 0.3 is 6.01 Å². The van der Waals surface area contributed by atoms with Gasteiger partial charge in [0.2, 0.25) is 5.91 Å². The number of methoxy groups -OCH3 is 2. The van der Waals surface area contributed by atoms with Gasteiger partial charge in [-0.05, 0) is 24.1 Å². The molecule has 0 atom stereocenters. The molecule has 0 fully saturated rings. The molecule has 0 saturated heterocycles. The highest BCUT2D eigenvalue weighted by Gasteiger charge is 2.12. The number of benzene rings is 1. The van der Waals surface area contributed by atoms with E-state index in [-0.39, 0.29) is 11.9 Å². The van der Waals surface area contributed by atoms with Gasteiger partial charge in [-0.15, -0.1) is 0 Å². The Morgan fingerprint density at radius 1 is 1.17 bits per heavy atom. The van der Waals surface area contributed by atoms with Gasteiger partial charge in [-0.3, -0.25) is 4.79 Å². The van der Waals surface area contributed by atoms with Gasteiger partial charge in [0, 0.05) is 20.5 Å². The van der Waals surface area contributed by atoms with E-state index < -0.39 is 0 Å². The summed E-state index contributed by atoms with van der Waals surface area (Å²) in [5.74, 6) is 1.30. The molecule has 1 amide bonds. The Labute approximate surface area is 141 Å². The first kappa shape index (κ1) is 17.5. The topological polar surface area (TPSA) is 76.6 Å². The molecule has 0 aliphatic carbocycles. The summed E-state index contributed by atoms with van der Waals surface area (Å²) in [5.41, 5.74) is 1.63. The van der Waals surface area contributed by atoms with Crippen molar-refractivity contribution in [3.05, 3.63) is 36.0 Å². The van der Waals surface area contributed by atoms with Crippen LogP contribution in [0.2, 0.25) is 0 Å². The highest BCUT2D eigenvalue weighted by atomic mass is 16.5. The van der Waals surface area contributed by atoms with Crippen molar-refractivity contribution in [3.63, 3.8) is 0 Å². The Morgan fingerprint density at radius 2 is 1.88 bits per heavy atom. The van der Waals surface area contributed by atoms with Crippen LogP contribution in [0.25, 0.3) is 0 Å². The second-order valence-electron chi connectivity index (χ2n) is 5.38. The number of carbonyl (C=O) groups excluding carboxylic acids is 1. The molecule has 24 heavy (non-hydrogen) atoms.